The molecule has 0 aliphatic rings. The van der Waals surface area contributed by atoms with E-state index in [1.807, 2.05) is 6.07 Å². The van der Waals surface area contributed by atoms with Crippen LogP contribution in [-0.4, -0.2) is 0 Å². The lowest BCUT2D eigenvalue weighted by Crippen LogP contribution is -1.84. The van der Waals surface area contributed by atoms with Gasteiger partial charge in [-0.05, 0) is 38.7 Å². The molecule has 0 aliphatic heterocycles. The van der Waals surface area contributed by atoms with Gasteiger partial charge < -0.3 is 0 Å². The Balaban J connectivity index is 2.12. The molecule has 0 aromatic heterocycles. The third-order valence-corrected chi connectivity index (χ3v) is 3.78. The molecule has 0 aliphatic carbocycles. The molecule has 0 amide bonds. The first-order valence-corrected chi connectivity index (χ1v) is 6.81. The van der Waals surface area contributed by atoms with Crippen LogP contribution in [0.25, 0.3) is 32.7 Å². The maximum atomic E-state index is 3.42. The van der Waals surface area contributed by atoms with Gasteiger partial charge in [0.15, 0.2) is 0 Å². The van der Waals surface area contributed by atoms with Crippen LogP contribution in [-0.2, 0) is 0 Å². The zero-order chi connectivity index (χ0) is 13.4. The number of hydrogen-bond donors (Lipinski definition) is 0. The molecule has 0 saturated carbocycles. The lowest BCUT2D eigenvalue weighted by atomic mass is 9.94. The lowest BCUT2D eigenvalue weighted by molar-refractivity contribution is 1.67. The molecule has 4 aromatic rings. The Bertz CT molecular complexity index is 816. The number of hydrogen-bond acceptors (Lipinski definition) is 0. The van der Waals surface area contributed by atoms with E-state index in [1.54, 1.807) is 0 Å². The van der Waals surface area contributed by atoms with E-state index >= 15 is 0 Å². The number of benzene rings is 4. The molecule has 0 unspecified atom stereocenters. The maximum Gasteiger partial charge on any atom is -0.00204 e. The van der Waals surface area contributed by atoms with Crippen LogP contribution in [0.3, 0.4) is 0 Å². The van der Waals surface area contributed by atoms with E-state index in [0.717, 1.165) is 0 Å². The van der Waals surface area contributed by atoms with Gasteiger partial charge in [0.25, 0.3) is 0 Å². The third kappa shape index (κ3) is 1.70. The minimum atomic E-state index is 1.18. The second-order valence-corrected chi connectivity index (χ2v) is 4.97. The van der Waals surface area contributed by atoms with Crippen LogP contribution in [0.4, 0.5) is 0 Å². The van der Waals surface area contributed by atoms with Crippen molar-refractivity contribution in [2.75, 3.05) is 0 Å². The van der Waals surface area contributed by atoms with Crippen molar-refractivity contribution >= 4 is 21.5 Å². The molecule has 0 saturated heterocycles. The highest BCUT2D eigenvalue weighted by Gasteiger charge is 2.06. The van der Waals surface area contributed by atoms with E-state index in [1.165, 1.54) is 32.7 Å². The summed E-state index contributed by atoms with van der Waals surface area (Å²) in [5.41, 5.74) is 2.43. The predicted molar refractivity (Wildman–Crippen MR) is 85.7 cm³/mol. The van der Waals surface area contributed by atoms with Crippen molar-refractivity contribution in [1.82, 2.24) is 0 Å². The smallest absolute Gasteiger partial charge is 0.00204 e. The molecule has 93 valence electrons. The molecule has 0 fully saturated rings. The van der Waals surface area contributed by atoms with Gasteiger partial charge in [-0.2, -0.15) is 0 Å². The normalized spacial score (nSPS) is 11.0. The minimum absolute atomic E-state index is 1.18. The Morgan fingerprint density at radius 3 is 2.05 bits per heavy atom. The summed E-state index contributed by atoms with van der Waals surface area (Å²) in [7, 11) is 0. The van der Waals surface area contributed by atoms with E-state index in [-0.39, 0.29) is 0 Å². The van der Waals surface area contributed by atoms with E-state index in [2.05, 4.69) is 78.9 Å². The van der Waals surface area contributed by atoms with Gasteiger partial charge in [0, 0.05) is 0 Å². The fraction of sp³-hybridized carbons (Fsp3) is 0. The summed E-state index contributed by atoms with van der Waals surface area (Å²) in [5.74, 6) is 0. The molecule has 0 heterocycles. The molecule has 0 bridgehead atoms. The summed E-state index contributed by atoms with van der Waals surface area (Å²) in [6.07, 6.45) is 0. The van der Waals surface area contributed by atoms with Crippen LogP contribution in [0.1, 0.15) is 0 Å². The van der Waals surface area contributed by atoms with Crippen molar-refractivity contribution in [2.24, 2.45) is 0 Å². The van der Waals surface area contributed by atoms with Crippen molar-refractivity contribution < 1.29 is 0 Å². The molecule has 1 radical (unpaired) electrons. The molecule has 0 N–H and O–H groups in total. The third-order valence-electron chi connectivity index (χ3n) is 3.78. The summed E-state index contributed by atoms with van der Waals surface area (Å²) < 4.78 is 0. The summed E-state index contributed by atoms with van der Waals surface area (Å²) in [6, 6.07) is 31.0. The van der Waals surface area contributed by atoms with Crippen LogP contribution in [0, 0.1) is 6.07 Å². The zero-order valence-electron chi connectivity index (χ0n) is 11.0. The highest BCUT2D eigenvalue weighted by molar-refractivity contribution is 6.05. The second-order valence-electron chi connectivity index (χ2n) is 4.97. The Labute approximate surface area is 118 Å². The van der Waals surface area contributed by atoms with Crippen molar-refractivity contribution in [3.8, 4) is 11.1 Å². The Kier molecular flexibility index (Phi) is 2.53. The van der Waals surface area contributed by atoms with Crippen LogP contribution >= 0.6 is 0 Å². The fourth-order valence-electron chi connectivity index (χ4n) is 2.83. The highest BCUT2D eigenvalue weighted by Crippen LogP contribution is 2.33. The van der Waals surface area contributed by atoms with Gasteiger partial charge in [-0.1, -0.05) is 78.9 Å². The molecular formula is C20H13. The van der Waals surface area contributed by atoms with E-state index < -0.39 is 0 Å². The van der Waals surface area contributed by atoms with E-state index in [4.69, 9.17) is 0 Å². The van der Waals surface area contributed by atoms with Gasteiger partial charge in [-0.3, -0.25) is 0 Å². The maximum absolute atomic E-state index is 3.42. The van der Waals surface area contributed by atoms with Crippen molar-refractivity contribution in [3.63, 3.8) is 0 Å². The Morgan fingerprint density at radius 1 is 0.550 bits per heavy atom. The molecule has 0 spiro atoms. The van der Waals surface area contributed by atoms with Gasteiger partial charge in [-0.15, -0.1) is 0 Å². The first-order chi connectivity index (χ1) is 9.93. The van der Waals surface area contributed by atoms with Crippen molar-refractivity contribution in [1.29, 1.82) is 0 Å². The average molecular weight is 253 g/mol. The molecule has 20 heavy (non-hydrogen) atoms. The van der Waals surface area contributed by atoms with Crippen LogP contribution in [0.2, 0.25) is 0 Å². The summed E-state index contributed by atoms with van der Waals surface area (Å²) in [5, 5.41) is 5.06. The quantitative estimate of drug-likeness (QED) is 0.422. The molecular weight excluding hydrogens is 240 g/mol. The van der Waals surface area contributed by atoms with E-state index in [0.29, 0.717) is 0 Å². The molecule has 0 heteroatoms. The lowest BCUT2D eigenvalue weighted by Gasteiger charge is -2.09. The summed E-state index contributed by atoms with van der Waals surface area (Å²) in [6.45, 7) is 0. The van der Waals surface area contributed by atoms with Crippen molar-refractivity contribution in [2.45, 2.75) is 0 Å². The number of rotatable bonds is 1. The van der Waals surface area contributed by atoms with Gasteiger partial charge in [0.05, 0.1) is 0 Å². The average Bonchev–Trinajstić information content (AvgIpc) is 2.54. The largest absolute Gasteiger partial charge is 0.0616 e. The van der Waals surface area contributed by atoms with Crippen molar-refractivity contribution in [3.05, 3.63) is 84.9 Å². The Hall–Kier alpha value is -2.60. The first-order valence-electron chi connectivity index (χ1n) is 6.81. The van der Waals surface area contributed by atoms with Crippen LogP contribution < -0.4 is 0 Å². The Morgan fingerprint density at radius 2 is 1.20 bits per heavy atom. The van der Waals surface area contributed by atoms with Gasteiger partial charge in [0.1, 0.15) is 0 Å². The molecule has 0 atom stereocenters. The topological polar surface area (TPSA) is 0 Å². The van der Waals surface area contributed by atoms with Crippen LogP contribution in [0.5, 0.6) is 0 Å². The SMILES string of the molecule is [c]1ccc2ccccc2c1-c1cccc2ccccc12. The zero-order valence-corrected chi connectivity index (χ0v) is 11.0. The standard InChI is InChI=1S/C20H13/c1-3-11-17-15(7-1)9-5-13-19(17)20-14-6-10-16-8-2-4-12-18(16)20/h1-13H. The van der Waals surface area contributed by atoms with Crippen LogP contribution in [0.15, 0.2) is 78.9 Å². The van der Waals surface area contributed by atoms with Gasteiger partial charge >= 0.3 is 0 Å². The molecule has 4 aromatic carbocycles. The molecule has 4 rings (SSSR count). The minimum Gasteiger partial charge on any atom is -0.0616 e. The predicted octanol–water partition coefficient (Wildman–Crippen LogP) is 5.46. The first kappa shape index (κ1) is 11.2. The monoisotopic (exact) mass is 253 g/mol. The van der Waals surface area contributed by atoms with E-state index in [9.17, 15) is 0 Å². The summed E-state index contributed by atoms with van der Waals surface area (Å²) >= 11 is 0. The van der Waals surface area contributed by atoms with Gasteiger partial charge in [0.2, 0.25) is 0 Å². The number of fused-ring (bicyclic) bond motifs is 2. The highest BCUT2D eigenvalue weighted by atomic mass is 14.1. The molecule has 0 nitrogen and oxygen atoms in total. The van der Waals surface area contributed by atoms with Gasteiger partial charge in [-0.25, -0.2) is 0 Å². The second kappa shape index (κ2) is 4.50. The fourth-order valence-corrected chi connectivity index (χ4v) is 2.83. The summed E-state index contributed by atoms with van der Waals surface area (Å²) in [4.78, 5) is 0.